The molecule has 0 fully saturated rings. The SMILES string of the molecule is c1ccc(N(c2ccc(-c3ccc(-c4ccc(-c5ccc(-c6ccc(N(c7ccccc7)c7cc8ccccc8c8ccccc78)cc6)cc5)cc4)cc3)cc2)c2cc3ccccc3c3ccccc23)cc1. The highest BCUT2D eigenvalue weighted by Gasteiger charge is 2.19. The van der Waals surface area contributed by atoms with Gasteiger partial charge in [-0.05, 0) is 137 Å². The Balaban J connectivity index is 0.726. The first-order chi connectivity index (χ1) is 35.7. The van der Waals surface area contributed by atoms with Gasteiger partial charge in [-0.1, -0.05) is 231 Å². The lowest BCUT2D eigenvalue weighted by atomic mass is 9.96. The van der Waals surface area contributed by atoms with Crippen LogP contribution in [0.1, 0.15) is 0 Å². The predicted octanol–water partition coefficient (Wildman–Crippen LogP) is 19.9. The molecule has 13 rings (SSSR count). The smallest absolute Gasteiger partial charge is 0.0546 e. The van der Waals surface area contributed by atoms with Crippen LogP contribution in [0, 0.1) is 0 Å². The fraction of sp³-hybridized carbons (Fsp3) is 0. The van der Waals surface area contributed by atoms with Gasteiger partial charge >= 0.3 is 0 Å². The van der Waals surface area contributed by atoms with Crippen molar-refractivity contribution in [1.82, 2.24) is 0 Å². The van der Waals surface area contributed by atoms with Gasteiger partial charge in [-0.25, -0.2) is 0 Å². The van der Waals surface area contributed by atoms with Crippen LogP contribution in [0.25, 0.3) is 87.6 Å². The minimum absolute atomic E-state index is 1.11. The van der Waals surface area contributed by atoms with Crippen LogP contribution in [0.15, 0.2) is 291 Å². The molecule has 0 saturated carbocycles. The van der Waals surface area contributed by atoms with Gasteiger partial charge in [0, 0.05) is 33.5 Å². The summed E-state index contributed by atoms with van der Waals surface area (Å²) in [6.45, 7) is 0. The Labute approximate surface area is 420 Å². The van der Waals surface area contributed by atoms with Gasteiger partial charge in [-0.2, -0.15) is 0 Å². The summed E-state index contributed by atoms with van der Waals surface area (Å²) in [4.78, 5) is 4.76. The molecule has 2 heteroatoms. The Morgan fingerprint density at radius 1 is 0.167 bits per heavy atom. The highest BCUT2D eigenvalue weighted by molar-refractivity contribution is 6.16. The first-order valence-electron chi connectivity index (χ1n) is 24.7. The zero-order valence-corrected chi connectivity index (χ0v) is 39.6. The maximum Gasteiger partial charge on any atom is 0.0546 e. The second-order valence-electron chi connectivity index (χ2n) is 18.5. The molecule has 0 aliphatic heterocycles. The molecule has 0 bridgehead atoms. The summed E-state index contributed by atoms with van der Waals surface area (Å²) in [6.07, 6.45) is 0. The molecule has 0 radical (unpaired) electrons. The summed E-state index contributed by atoms with van der Waals surface area (Å²) in [5.74, 6) is 0. The molecule has 338 valence electrons. The maximum absolute atomic E-state index is 2.38. The van der Waals surface area contributed by atoms with Gasteiger partial charge in [0.05, 0.1) is 11.4 Å². The van der Waals surface area contributed by atoms with Gasteiger partial charge in [0.2, 0.25) is 0 Å². The van der Waals surface area contributed by atoms with Crippen molar-refractivity contribution in [3.05, 3.63) is 291 Å². The van der Waals surface area contributed by atoms with Gasteiger partial charge in [0.1, 0.15) is 0 Å². The maximum atomic E-state index is 2.38. The minimum atomic E-state index is 1.11. The first-order valence-corrected chi connectivity index (χ1v) is 24.7. The number of fused-ring (bicyclic) bond motifs is 6. The standard InChI is InChI=1S/C70H48N2/c1-3-17-59(18-4-1)71(69-47-57-15-7-9-21-63(57)65-23-11-13-25-67(65)69)61-43-39-55(40-44-61)53-35-31-51(32-36-53)49-27-29-50(30-28-49)52-33-37-54(38-34-52)56-41-45-62(46-42-56)72(60-19-5-2-6-20-60)70-48-58-16-8-10-22-64(58)66-24-12-14-26-68(66)70/h1-48H. The molecule has 72 heavy (non-hydrogen) atoms. The molecule has 2 nitrogen and oxygen atoms in total. The Hall–Kier alpha value is -9.50. The number of anilines is 6. The second kappa shape index (κ2) is 18.4. The summed E-state index contributed by atoms with van der Waals surface area (Å²) in [6, 6.07) is 106. The molecular formula is C70H48N2. The van der Waals surface area contributed by atoms with Crippen molar-refractivity contribution in [2.24, 2.45) is 0 Å². The number of benzene rings is 13. The van der Waals surface area contributed by atoms with Crippen molar-refractivity contribution < 1.29 is 0 Å². The summed E-state index contributed by atoms with van der Waals surface area (Å²) < 4.78 is 0. The lowest BCUT2D eigenvalue weighted by Crippen LogP contribution is -2.10. The molecule has 0 N–H and O–H groups in total. The Kier molecular flexibility index (Phi) is 10.9. The fourth-order valence-corrected chi connectivity index (χ4v) is 10.6. The van der Waals surface area contributed by atoms with Crippen molar-refractivity contribution in [1.29, 1.82) is 0 Å². The third-order valence-electron chi connectivity index (χ3n) is 14.2. The van der Waals surface area contributed by atoms with E-state index >= 15 is 0 Å². The van der Waals surface area contributed by atoms with Gasteiger partial charge in [-0.3, -0.25) is 0 Å². The van der Waals surface area contributed by atoms with Crippen LogP contribution in [-0.2, 0) is 0 Å². The van der Waals surface area contributed by atoms with Crippen molar-refractivity contribution in [2.45, 2.75) is 0 Å². The fourth-order valence-electron chi connectivity index (χ4n) is 10.6. The molecule has 0 atom stereocenters. The zero-order valence-electron chi connectivity index (χ0n) is 39.6. The minimum Gasteiger partial charge on any atom is -0.310 e. The average Bonchev–Trinajstić information content (AvgIpc) is 3.46. The Bertz CT molecular complexity index is 3770. The number of hydrogen-bond acceptors (Lipinski definition) is 2. The van der Waals surface area contributed by atoms with Crippen LogP contribution in [-0.4, -0.2) is 0 Å². The zero-order chi connectivity index (χ0) is 47.8. The summed E-state index contributed by atoms with van der Waals surface area (Å²) in [5.41, 5.74) is 16.3. The number of nitrogens with zero attached hydrogens (tertiary/aromatic N) is 2. The van der Waals surface area contributed by atoms with Crippen LogP contribution < -0.4 is 9.80 Å². The summed E-state index contributed by atoms with van der Waals surface area (Å²) >= 11 is 0. The topological polar surface area (TPSA) is 6.48 Å². The van der Waals surface area contributed by atoms with Crippen LogP contribution in [0.5, 0.6) is 0 Å². The van der Waals surface area contributed by atoms with Gasteiger partial charge in [-0.15, -0.1) is 0 Å². The molecule has 0 amide bonds. The van der Waals surface area contributed by atoms with Crippen molar-refractivity contribution >= 4 is 77.2 Å². The summed E-state index contributed by atoms with van der Waals surface area (Å²) in [5, 5.41) is 9.94. The van der Waals surface area contributed by atoms with E-state index in [1.54, 1.807) is 0 Å². The monoisotopic (exact) mass is 916 g/mol. The van der Waals surface area contributed by atoms with Gasteiger partial charge < -0.3 is 9.80 Å². The van der Waals surface area contributed by atoms with Crippen LogP contribution in [0.3, 0.4) is 0 Å². The Morgan fingerprint density at radius 2 is 0.389 bits per heavy atom. The molecule has 13 aromatic carbocycles. The lowest BCUT2D eigenvalue weighted by molar-refractivity contribution is 1.30. The molecule has 0 spiro atoms. The first kappa shape index (κ1) is 42.6. The average molecular weight is 917 g/mol. The van der Waals surface area contributed by atoms with E-state index < -0.39 is 0 Å². The van der Waals surface area contributed by atoms with E-state index in [0.717, 1.165) is 34.1 Å². The predicted molar refractivity (Wildman–Crippen MR) is 308 cm³/mol. The molecular weight excluding hydrogens is 869 g/mol. The number of para-hydroxylation sites is 2. The van der Waals surface area contributed by atoms with Crippen molar-refractivity contribution in [3.8, 4) is 44.5 Å². The van der Waals surface area contributed by atoms with Crippen LogP contribution in [0.4, 0.5) is 34.1 Å². The van der Waals surface area contributed by atoms with Crippen molar-refractivity contribution in [2.75, 3.05) is 9.80 Å². The van der Waals surface area contributed by atoms with Crippen LogP contribution >= 0.6 is 0 Å². The molecule has 0 heterocycles. The highest BCUT2D eigenvalue weighted by Crippen LogP contribution is 2.44. The van der Waals surface area contributed by atoms with Crippen molar-refractivity contribution in [3.63, 3.8) is 0 Å². The quantitative estimate of drug-likeness (QED) is 0.126. The number of rotatable bonds is 10. The summed E-state index contributed by atoms with van der Waals surface area (Å²) in [7, 11) is 0. The molecule has 0 aromatic heterocycles. The van der Waals surface area contributed by atoms with Gasteiger partial charge in [0.15, 0.2) is 0 Å². The lowest BCUT2D eigenvalue weighted by Gasteiger charge is -2.27. The van der Waals surface area contributed by atoms with E-state index in [1.165, 1.54) is 87.6 Å². The van der Waals surface area contributed by atoms with E-state index in [4.69, 9.17) is 0 Å². The molecule has 0 aliphatic rings. The van der Waals surface area contributed by atoms with E-state index in [9.17, 15) is 0 Å². The highest BCUT2D eigenvalue weighted by atomic mass is 15.1. The molecule has 13 aromatic rings. The van der Waals surface area contributed by atoms with E-state index in [0.29, 0.717) is 0 Å². The molecule has 0 unspecified atom stereocenters. The third-order valence-corrected chi connectivity index (χ3v) is 14.2. The Morgan fingerprint density at radius 3 is 0.694 bits per heavy atom. The van der Waals surface area contributed by atoms with Gasteiger partial charge in [0.25, 0.3) is 0 Å². The number of hydrogen-bond donors (Lipinski definition) is 0. The second-order valence-corrected chi connectivity index (χ2v) is 18.5. The largest absolute Gasteiger partial charge is 0.310 e. The normalized spacial score (nSPS) is 11.3. The van der Waals surface area contributed by atoms with E-state index in [1.807, 2.05) is 0 Å². The third kappa shape index (κ3) is 7.92. The molecule has 0 aliphatic carbocycles. The molecule has 0 saturated heterocycles. The van der Waals surface area contributed by atoms with E-state index in [-0.39, 0.29) is 0 Å². The van der Waals surface area contributed by atoms with Crippen LogP contribution in [0.2, 0.25) is 0 Å². The van der Waals surface area contributed by atoms with E-state index in [2.05, 4.69) is 301 Å².